The van der Waals surface area contributed by atoms with Gasteiger partial charge in [0.15, 0.2) is 5.58 Å². The van der Waals surface area contributed by atoms with Gasteiger partial charge >= 0.3 is 5.69 Å². The number of hydrogen-bond donors (Lipinski definition) is 0. The third kappa shape index (κ3) is 2.51. The monoisotopic (exact) mass is 357 g/mol. The topological polar surface area (TPSA) is 69.1 Å². The number of aryl methyl sites for hydroxylation is 1. The van der Waals surface area contributed by atoms with Gasteiger partial charge in [0, 0.05) is 38.2 Å². The average Bonchev–Trinajstić information content (AvgIpc) is 3.31. The summed E-state index contributed by atoms with van der Waals surface area (Å²) in [5.41, 5.74) is 1.12. The van der Waals surface area contributed by atoms with Gasteiger partial charge in [-0.15, -0.1) is 0 Å². The lowest BCUT2D eigenvalue weighted by Crippen LogP contribution is -2.34. The predicted molar refractivity (Wildman–Crippen MR) is 93.9 cm³/mol. The van der Waals surface area contributed by atoms with Crippen LogP contribution in [0.3, 0.4) is 0 Å². The van der Waals surface area contributed by atoms with E-state index in [9.17, 15) is 9.18 Å². The number of benzene rings is 1. The highest BCUT2D eigenvalue weighted by Crippen LogP contribution is 2.38. The van der Waals surface area contributed by atoms with E-state index in [4.69, 9.17) is 4.42 Å². The smallest absolute Gasteiger partial charge is 0.345 e. The zero-order valence-electron chi connectivity index (χ0n) is 14.6. The Labute approximate surface area is 149 Å². The van der Waals surface area contributed by atoms with E-state index in [0.29, 0.717) is 23.2 Å². The Hall–Kier alpha value is -2.64. The normalized spacial score (nSPS) is 18.8. The van der Waals surface area contributed by atoms with Gasteiger partial charge in [0.05, 0.1) is 0 Å². The van der Waals surface area contributed by atoms with E-state index in [2.05, 4.69) is 15.0 Å². The molecule has 3 heterocycles. The van der Waals surface area contributed by atoms with Crippen molar-refractivity contribution in [2.45, 2.75) is 37.6 Å². The van der Waals surface area contributed by atoms with Crippen molar-refractivity contribution < 1.29 is 8.81 Å². The summed E-state index contributed by atoms with van der Waals surface area (Å²) in [5.74, 6) is 0.856. The second-order valence-corrected chi connectivity index (χ2v) is 7.24. The lowest BCUT2D eigenvalue weighted by Gasteiger charge is -2.30. The van der Waals surface area contributed by atoms with Crippen LogP contribution in [0.4, 0.5) is 10.4 Å². The van der Waals surface area contributed by atoms with Crippen LogP contribution < -0.4 is 10.6 Å². The van der Waals surface area contributed by atoms with E-state index < -0.39 is 0 Å². The summed E-state index contributed by atoms with van der Waals surface area (Å²) in [6.45, 7) is 1.55. The molecule has 1 saturated carbocycles. The summed E-state index contributed by atoms with van der Waals surface area (Å²) in [6.07, 6.45) is 3.90. The van der Waals surface area contributed by atoms with Crippen molar-refractivity contribution in [1.29, 1.82) is 0 Å². The second-order valence-electron chi connectivity index (χ2n) is 7.24. The number of aromatic nitrogens is 4. The first-order valence-electron chi connectivity index (χ1n) is 9.06. The van der Waals surface area contributed by atoms with Crippen molar-refractivity contribution in [3.8, 4) is 0 Å². The maximum atomic E-state index is 13.3. The van der Waals surface area contributed by atoms with E-state index in [-0.39, 0.29) is 17.4 Å². The third-order valence-electron chi connectivity index (χ3n) is 5.36. The van der Waals surface area contributed by atoms with Crippen molar-refractivity contribution in [2.75, 3.05) is 18.0 Å². The SMILES string of the molecule is Cn1nc(C2CCN(c3nc4ccc(F)cc4o3)CC2)n(C2CC2)c1=O. The number of nitrogens with zero attached hydrogens (tertiary/aromatic N) is 5. The molecule has 8 heteroatoms. The van der Waals surface area contributed by atoms with Crippen LogP contribution >= 0.6 is 0 Å². The molecule has 136 valence electrons. The Kier molecular flexibility index (Phi) is 3.41. The fourth-order valence-corrected chi connectivity index (χ4v) is 3.80. The minimum atomic E-state index is -0.327. The van der Waals surface area contributed by atoms with Gasteiger partial charge in [0.2, 0.25) is 0 Å². The molecule has 0 spiro atoms. The van der Waals surface area contributed by atoms with Crippen LogP contribution in [0.15, 0.2) is 27.4 Å². The number of halogens is 1. The van der Waals surface area contributed by atoms with Gasteiger partial charge in [0.1, 0.15) is 17.2 Å². The summed E-state index contributed by atoms with van der Waals surface area (Å²) in [7, 11) is 1.72. The first-order valence-corrected chi connectivity index (χ1v) is 9.06. The molecule has 2 aromatic heterocycles. The molecule has 1 aliphatic heterocycles. The van der Waals surface area contributed by atoms with Crippen LogP contribution in [0.25, 0.3) is 11.1 Å². The Balaban J connectivity index is 1.36. The first-order chi connectivity index (χ1) is 12.6. The number of rotatable bonds is 3. The molecule has 2 fully saturated rings. The fourth-order valence-electron chi connectivity index (χ4n) is 3.80. The molecule has 1 aromatic carbocycles. The highest BCUT2D eigenvalue weighted by molar-refractivity contribution is 5.74. The molecule has 0 radical (unpaired) electrons. The maximum Gasteiger partial charge on any atom is 0.345 e. The maximum absolute atomic E-state index is 13.3. The van der Waals surface area contributed by atoms with Gasteiger partial charge in [-0.05, 0) is 37.8 Å². The van der Waals surface area contributed by atoms with Crippen molar-refractivity contribution in [3.63, 3.8) is 0 Å². The summed E-state index contributed by atoms with van der Waals surface area (Å²) in [4.78, 5) is 18.9. The molecular formula is C18H20FN5O2. The van der Waals surface area contributed by atoms with Crippen LogP contribution in [-0.4, -0.2) is 32.4 Å². The zero-order valence-corrected chi connectivity index (χ0v) is 14.6. The van der Waals surface area contributed by atoms with Gasteiger partial charge < -0.3 is 9.32 Å². The minimum Gasteiger partial charge on any atom is -0.423 e. The summed E-state index contributed by atoms with van der Waals surface area (Å²) in [6, 6.07) is 5.24. The highest BCUT2D eigenvalue weighted by atomic mass is 19.1. The van der Waals surface area contributed by atoms with Crippen LogP contribution in [0.1, 0.15) is 43.5 Å². The molecule has 7 nitrogen and oxygen atoms in total. The molecule has 0 bridgehead atoms. The van der Waals surface area contributed by atoms with Crippen LogP contribution in [-0.2, 0) is 7.05 Å². The molecule has 0 amide bonds. The lowest BCUT2D eigenvalue weighted by atomic mass is 9.96. The predicted octanol–water partition coefficient (Wildman–Crippen LogP) is 2.58. The molecule has 5 rings (SSSR count). The van der Waals surface area contributed by atoms with Gasteiger partial charge in [0.25, 0.3) is 6.01 Å². The van der Waals surface area contributed by atoms with Gasteiger partial charge in [-0.2, -0.15) is 10.1 Å². The van der Waals surface area contributed by atoms with E-state index in [0.717, 1.165) is 44.6 Å². The van der Waals surface area contributed by atoms with Crippen molar-refractivity contribution >= 4 is 17.1 Å². The standard InChI is InChI=1S/C18H20FN5O2/c1-22-18(25)24(13-3-4-13)16(21-22)11-6-8-23(9-7-11)17-20-14-5-2-12(19)10-15(14)26-17/h2,5,10-11,13H,3-4,6-9H2,1H3. The van der Waals surface area contributed by atoms with Crippen molar-refractivity contribution in [3.05, 3.63) is 40.3 Å². The van der Waals surface area contributed by atoms with Crippen LogP contribution in [0.2, 0.25) is 0 Å². The molecular weight excluding hydrogens is 337 g/mol. The van der Waals surface area contributed by atoms with E-state index >= 15 is 0 Å². The Bertz CT molecular complexity index is 1020. The molecule has 0 N–H and O–H groups in total. The van der Waals surface area contributed by atoms with Crippen LogP contribution in [0, 0.1) is 5.82 Å². The quantitative estimate of drug-likeness (QED) is 0.721. The molecule has 0 atom stereocenters. The summed E-state index contributed by atoms with van der Waals surface area (Å²) in [5, 5.41) is 4.51. The van der Waals surface area contributed by atoms with Crippen molar-refractivity contribution in [2.24, 2.45) is 7.05 Å². The van der Waals surface area contributed by atoms with E-state index in [1.807, 2.05) is 4.57 Å². The van der Waals surface area contributed by atoms with E-state index in [1.165, 1.54) is 16.8 Å². The fraction of sp³-hybridized carbons (Fsp3) is 0.500. The van der Waals surface area contributed by atoms with Gasteiger partial charge in [-0.3, -0.25) is 4.57 Å². The number of piperidine rings is 1. The Morgan fingerprint density at radius 2 is 1.96 bits per heavy atom. The molecule has 3 aromatic rings. The number of anilines is 1. The van der Waals surface area contributed by atoms with Crippen molar-refractivity contribution in [1.82, 2.24) is 19.3 Å². The Morgan fingerprint density at radius 3 is 2.69 bits per heavy atom. The number of oxazole rings is 1. The number of fused-ring (bicyclic) bond motifs is 1. The number of hydrogen-bond acceptors (Lipinski definition) is 5. The molecule has 26 heavy (non-hydrogen) atoms. The third-order valence-corrected chi connectivity index (χ3v) is 5.36. The highest BCUT2D eigenvalue weighted by Gasteiger charge is 2.34. The lowest BCUT2D eigenvalue weighted by molar-refractivity contribution is 0.439. The second kappa shape index (κ2) is 5.69. The average molecular weight is 357 g/mol. The van der Waals surface area contributed by atoms with E-state index in [1.54, 1.807) is 13.1 Å². The Morgan fingerprint density at radius 1 is 1.19 bits per heavy atom. The van der Waals surface area contributed by atoms with Crippen LogP contribution in [0.5, 0.6) is 0 Å². The molecule has 1 aliphatic carbocycles. The molecule has 0 unspecified atom stereocenters. The van der Waals surface area contributed by atoms with Gasteiger partial charge in [-0.1, -0.05) is 0 Å². The largest absolute Gasteiger partial charge is 0.423 e. The minimum absolute atomic E-state index is 0.00842. The van der Waals surface area contributed by atoms with Gasteiger partial charge in [-0.25, -0.2) is 13.9 Å². The first kappa shape index (κ1) is 15.6. The summed E-state index contributed by atoms with van der Waals surface area (Å²) >= 11 is 0. The zero-order chi connectivity index (χ0) is 17.8. The summed E-state index contributed by atoms with van der Waals surface area (Å²) < 4.78 is 22.4. The molecule has 2 aliphatic rings. The molecule has 1 saturated heterocycles.